The monoisotopic (exact) mass is 208 g/mol. The van der Waals surface area contributed by atoms with Gasteiger partial charge >= 0.3 is 0 Å². The van der Waals surface area contributed by atoms with Crippen LogP contribution in [0.3, 0.4) is 0 Å². The van der Waals surface area contributed by atoms with E-state index < -0.39 is 0 Å². The van der Waals surface area contributed by atoms with Crippen LogP contribution in [-0.4, -0.2) is 9.97 Å². The Bertz CT molecular complexity index is 626. The van der Waals surface area contributed by atoms with Gasteiger partial charge in [-0.05, 0) is 42.5 Å². The summed E-state index contributed by atoms with van der Waals surface area (Å²) in [5.41, 5.74) is 3.64. The summed E-state index contributed by atoms with van der Waals surface area (Å²) in [7, 11) is 0. The smallest absolute Gasteiger partial charge is 0.0740 e. The average Bonchev–Trinajstić information content (AvgIpc) is 2.36. The summed E-state index contributed by atoms with van der Waals surface area (Å²) in [5.74, 6) is 0. The van der Waals surface area contributed by atoms with Crippen molar-refractivity contribution in [3.05, 3.63) is 47.9 Å². The lowest BCUT2D eigenvalue weighted by Crippen LogP contribution is -1.90. The minimum absolute atomic E-state index is 1.08. The van der Waals surface area contributed by atoms with Crippen molar-refractivity contribution < 1.29 is 0 Å². The van der Waals surface area contributed by atoms with Gasteiger partial charge in [-0.1, -0.05) is 6.07 Å². The van der Waals surface area contributed by atoms with Gasteiger partial charge < -0.3 is 0 Å². The van der Waals surface area contributed by atoms with Crippen LogP contribution in [0.1, 0.15) is 11.1 Å². The molecule has 2 aromatic heterocycles. The second-order valence-electron chi connectivity index (χ2n) is 4.07. The summed E-state index contributed by atoms with van der Waals surface area (Å²) in [6.45, 7) is 4.27. The molecule has 0 spiro atoms. The number of rotatable bonds is 0. The Labute approximate surface area is 94.0 Å². The zero-order valence-corrected chi connectivity index (χ0v) is 9.36. The van der Waals surface area contributed by atoms with E-state index in [1.54, 1.807) is 0 Å². The number of pyridine rings is 2. The van der Waals surface area contributed by atoms with Gasteiger partial charge in [0.25, 0.3) is 0 Å². The van der Waals surface area contributed by atoms with E-state index >= 15 is 0 Å². The lowest BCUT2D eigenvalue weighted by Gasteiger charge is -2.09. The first-order valence-electron chi connectivity index (χ1n) is 5.36. The van der Waals surface area contributed by atoms with Gasteiger partial charge in [0.05, 0.1) is 5.52 Å². The highest BCUT2D eigenvalue weighted by molar-refractivity contribution is 6.08. The molecule has 0 amide bonds. The molecule has 0 aliphatic heterocycles. The SMILES string of the molecule is Cc1c(C)c2ncccc2c2cnccc12. The quantitative estimate of drug-likeness (QED) is 0.529. The average molecular weight is 208 g/mol. The fourth-order valence-electron chi connectivity index (χ4n) is 2.24. The first-order valence-corrected chi connectivity index (χ1v) is 5.36. The first-order chi connectivity index (χ1) is 7.79. The number of aromatic nitrogens is 2. The number of hydrogen-bond donors (Lipinski definition) is 0. The molecule has 2 nitrogen and oxygen atoms in total. The van der Waals surface area contributed by atoms with Crippen molar-refractivity contribution >= 4 is 21.7 Å². The topological polar surface area (TPSA) is 25.8 Å². The molecular weight excluding hydrogens is 196 g/mol. The van der Waals surface area contributed by atoms with Crippen molar-refractivity contribution in [3.8, 4) is 0 Å². The number of fused-ring (bicyclic) bond motifs is 3. The Balaban J connectivity index is 2.69. The van der Waals surface area contributed by atoms with E-state index in [0.29, 0.717) is 0 Å². The van der Waals surface area contributed by atoms with E-state index in [0.717, 1.165) is 5.52 Å². The molecule has 0 fully saturated rings. The van der Waals surface area contributed by atoms with E-state index in [1.165, 1.54) is 27.3 Å². The molecule has 2 heterocycles. The summed E-state index contributed by atoms with van der Waals surface area (Å²) in [5, 5.41) is 3.65. The van der Waals surface area contributed by atoms with Gasteiger partial charge in [-0.25, -0.2) is 0 Å². The Morgan fingerprint density at radius 3 is 2.62 bits per heavy atom. The normalized spacial score (nSPS) is 11.1. The van der Waals surface area contributed by atoms with E-state index in [9.17, 15) is 0 Å². The summed E-state index contributed by atoms with van der Waals surface area (Å²) in [4.78, 5) is 8.67. The standard InChI is InChI=1S/C14H12N2/c1-9-10(2)14-12(4-3-6-16-14)13-8-15-7-5-11(9)13/h3-8H,1-2H3. The molecule has 0 bridgehead atoms. The highest BCUT2D eigenvalue weighted by atomic mass is 14.7. The van der Waals surface area contributed by atoms with Crippen LogP contribution < -0.4 is 0 Å². The third-order valence-electron chi connectivity index (χ3n) is 3.24. The number of hydrogen-bond acceptors (Lipinski definition) is 2. The van der Waals surface area contributed by atoms with Crippen molar-refractivity contribution in [2.75, 3.05) is 0 Å². The predicted octanol–water partition coefficient (Wildman–Crippen LogP) is 3.40. The largest absolute Gasteiger partial charge is 0.264 e. The van der Waals surface area contributed by atoms with Crippen LogP contribution in [-0.2, 0) is 0 Å². The Kier molecular flexibility index (Phi) is 1.90. The zero-order chi connectivity index (χ0) is 11.1. The number of benzene rings is 1. The van der Waals surface area contributed by atoms with Crippen LogP contribution in [0.2, 0.25) is 0 Å². The van der Waals surface area contributed by atoms with Gasteiger partial charge in [-0.3, -0.25) is 9.97 Å². The van der Waals surface area contributed by atoms with Crippen LogP contribution in [0.25, 0.3) is 21.7 Å². The van der Waals surface area contributed by atoms with Crippen molar-refractivity contribution in [2.24, 2.45) is 0 Å². The van der Waals surface area contributed by atoms with Crippen LogP contribution in [0.5, 0.6) is 0 Å². The van der Waals surface area contributed by atoms with Gasteiger partial charge in [0.15, 0.2) is 0 Å². The van der Waals surface area contributed by atoms with Crippen molar-refractivity contribution in [1.29, 1.82) is 0 Å². The highest BCUT2D eigenvalue weighted by Gasteiger charge is 2.08. The maximum atomic E-state index is 4.46. The van der Waals surface area contributed by atoms with E-state index in [-0.39, 0.29) is 0 Å². The third kappa shape index (κ3) is 1.13. The van der Waals surface area contributed by atoms with Crippen molar-refractivity contribution in [2.45, 2.75) is 13.8 Å². The Hall–Kier alpha value is -1.96. The van der Waals surface area contributed by atoms with Gasteiger partial charge in [-0.15, -0.1) is 0 Å². The molecule has 0 N–H and O–H groups in total. The Morgan fingerprint density at radius 2 is 1.75 bits per heavy atom. The number of aryl methyl sites for hydroxylation is 2. The lowest BCUT2D eigenvalue weighted by molar-refractivity contribution is 1.31. The fraction of sp³-hybridized carbons (Fsp3) is 0.143. The molecule has 0 radical (unpaired) electrons. The molecule has 0 atom stereocenters. The molecule has 3 aromatic rings. The second kappa shape index (κ2) is 3.27. The van der Waals surface area contributed by atoms with Crippen molar-refractivity contribution in [1.82, 2.24) is 9.97 Å². The molecule has 0 saturated carbocycles. The van der Waals surface area contributed by atoms with Crippen LogP contribution in [0, 0.1) is 13.8 Å². The van der Waals surface area contributed by atoms with Gasteiger partial charge in [0, 0.05) is 29.4 Å². The molecular formula is C14H12N2. The van der Waals surface area contributed by atoms with Gasteiger partial charge in [-0.2, -0.15) is 0 Å². The molecule has 16 heavy (non-hydrogen) atoms. The number of nitrogens with zero attached hydrogens (tertiary/aromatic N) is 2. The van der Waals surface area contributed by atoms with Crippen LogP contribution in [0.4, 0.5) is 0 Å². The summed E-state index contributed by atoms with van der Waals surface area (Å²) in [6, 6.07) is 6.16. The van der Waals surface area contributed by atoms with E-state index in [1.807, 2.05) is 24.7 Å². The molecule has 78 valence electrons. The van der Waals surface area contributed by atoms with Crippen LogP contribution in [0.15, 0.2) is 36.8 Å². The minimum atomic E-state index is 1.08. The lowest BCUT2D eigenvalue weighted by atomic mass is 9.97. The second-order valence-corrected chi connectivity index (χ2v) is 4.07. The Morgan fingerprint density at radius 1 is 0.875 bits per heavy atom. The summed E-state index contributed by atoms with van der Waals surface area (Å²) < 4.78 is 0. The zero-order valence-electron chi connectivity index (χ0n) is 9.36. The van der Waals surface area contributed by atoms with Gasteiger partial charge in [0.1, 0.15) is 0 Å². The third-order valence-corrected chi connectivity index (χ3v) is 3.24. The highest BCUT2D eigenvalue weighted by Crippen LogP contribution is 2.29. The molecule has 1 aromatic carbocycles. The minimum Gasteiger partial charge on any atom is -0.264 e. The van der Waals surface area contributed by atoms with E-state index in [4.69, 9.17) is 0 Å². The summed E-state index contributed by atoms with van der Waals surface area (Å²) in [6.07, 6.45) is 5.61. The molecule has 0 saturated heterocycles. The van der Waals surface area contributed by atoms with Crippen molar-refractivity contribution in [3.63, 3.8) is 0 Å². The van der Waals surface area contributed by atoms with E-state index in [2.05, 4.69) is 35.9 Å². The molecule has 0 aliphatic rings. The molecule has 2 heteroatoms. The van der Waals surface area contributed by atoms with Crippen LogP contribution >= 0.6 is 0 Å². The summed E-state index contributed by atoms with van der Waals surface area (Å²) >= 11 is 0. The fourth-order valence-corrected chi connectivity index (χ4v) is 2.24. The first kappa shape index (κ1) is 9.28. The molecule has 0 aliphatic carbocycles. The van der Waals surface area contributed by atoms with Gasteiger partial charge in [0.2, 0.25) is 0 Å². The molecule has 3 rings (SSSR count). The predicted molar refractivity (Wildman–Crippen MR) is 66.5 cm³/mol. The maximum absolute atomic E-state index is 4.46. The maximum Gasteiger partial charge on any atom is 0.0740 e. The molecule has 0 unspecified atom stereocenters.